The van der Waals surface area contributed by atoms with E-state index < -0.39 is 11.8 Å². The Morgan fingerprint density at radius 1 is 1.10 bits per heavy atom. The van der Waals surface area contributed by atoms with Crippen molar-refractivity contribution in [3.05, 3.63) is 35.9 Å². The number of thioether (sulfide) groups is 1. The quantitative estimate of drug-likeness (QED) is 0.304. The number of thiocarbonyl (C=S) groups is 1. The highest BCUT2D eigenvalue weighted by Gasteiger charge is 2.43. The first-order chi connectivity index (χ1) is 14.9. The summed E-state index contributed by atoms with van der Waals surface area (Å²) in [6.45, 7) is 9.02. The van der Waals surface area contributed by atoms with Crippen LogP contribution >= 0.6 is 24.0 Å². The molecule has 0 N–H and O–H groups in total. The molecule has 0 aromatic heterocycles. The Balaban J connectivity index is 1.87. The Kier molecular flexibility index (Phi) is 8.17. The monoisotopic (exact) mass is 461 g/mol. The lowest BCUT2D eigenvalue weighted by Gasteiger charge is -2.34. The van der Waals surface area contributed by atoms with Crippen LogP contribution in [0.5, 0.6) is 11.5 Å². The van der Waals surface area contributed by atoms with Gasteiger partial charge in [0.05, 0.1) is 19.1 Å². The molecule has 1 aliphatic carbocycles. The van der Waals surface area contributed by atoms with Crippen molar-refractivity contribution in [1.82, 2.24) is 4.90 Å². The minimum absolute atomic E-state index is 0.0210. The van der Waals surface area contributed by atoms with Crippen LogP contribution in [0.15, 0.2) is 30.4 Å². The maximum absolute atomic E-state index is 13.6. The van der Waals surface area contributed by atoms with E-state index in [1.54, 1.807) is 34.9 Å². The number of rotatable bonds is 8. The van der Waals surface area contributed by atoms with E-state index in [0.29, 0.717) is 53.4 Å². The average Bonchev–Trinajstić information content (AvgIpc) is 3.16. The van der Waals surface area contributed by atoms with Gasteiger partial charge in [-0.2, -0.15) is 0 Å². The van der Waals surface area contributed by atoms with Gasteiger partial charge in [-0.15, -0.1) is 0 Å². The SMILES string of the molecule is CCOc1ccc(C(=O)[C@H]2CC=CC[C@H]2C(=O)N2C(=S)SC[C@H]2C(C)C)cc1OCC. The number of allylic oxidation sites excluding steroid dienone is 2. The van der Waals surface area contributed by atoms with Gasteiger partial charge in [0.15, 0.2) is 17.3 Å². The van der Waals surface area contributed by atoms with Crippen molar-refractivity contribution < 1.29 is 19.1 Å². The fraction of sp³-hybridized carbons (Fsp3) is 0.542. The summed E-state index contributed by atoms with van der Waals surface area (Å²) in [5.41, 5.74) is 0.545. The second-order valence-electron chi connectivity index (χ2n) is 8.14. The number of hydrogen-bond donors (Lipinski definition) is 0. The van der Waals surface area contributed by atoms with Gasteiger partial charge in [0.25, 0.3) is 0 Å². The topological polar surface area (TPSA) is 55.8 Å². The predicted molar refractivity (Wildman–Crippen MR) is 129 cm³/mol. The Labute approximate surface area is 194 Å². The van der Waals surface area contributed by atoms with Crippen molar-refractivity contribution in [1.29, 1.82) is 0 Å². The number of carbonyl (C=O) groups excluding carboxylic acids is 2. The summed E-state index contributed by atoms with van der Waals surface area (Å²) in [5, 5.41) is 0. The summed E-state index contributed by atoms with van der Waals surface area (Å²) in [5.74, 6) is 1.43. The van der Waals surface area contributed by atoms with Crippen LogP contribution in [-0.4, -0.2) is 45.9 Å². The number of carbonyl (C=O) groups is 2. The van der Waals surface area contributed by atoms with Crippen LogP contribution in [0.1, 0.15) is 50.9 Å². The number of hydrogen-bond acceptors (Lipinski definition) is 6. The van der Waals surface area contributed by atoms with E-state index in [9.17, 15) is 9.59 Å². The summed E-state index contributed by atoms with van der Waals surface area (Å²) >= 11 is 7.06. The molecule has 0 bridgehead atoms. The van der Waals surface area contributed by atoms with Crippen molar-refractivity contribution in [2.75, 3.05) is 19.0 Å². The highest BCUT2D eigenvalue weighted by Crippen LogP contribution is 2.37. The summed E-state index contributed by atoms with van der Waals surface area (Å²) in [7, 11) is 0. The van der Waals surface area contributed by atoms with Gasteiger partial charge >= 0.3 is 0 Å². The molecule has 5 nitrogen and oxygen atoms in total. The zero-order chi connectivity index (χ0) is 22.5. The van der Waals surface area contributed by atoms with E-state index in [0.717, 1.165) is 5.75 Å². The molecule has 2 aliphatic rings. The molecule has 0 unspecified atom stereocenters. The minimum atomic E-state index is -0.411. The molecule has 1 aromatic rings. The van der Waals surface area contributed by atoms with Crippen LogP contribution in [-0.2, 0) is 4.79 Å². The summed E-state index contributed by atoms with van der Waals surface area (Å²) in [6.07, 6.45) is 5.11. The Bertz CT molecular complexity index is 867. The molecule has 3 atom stereocenters. The molecule has 1 aromatic carbocycles. The molecule has 1 amide bonds. The molecule has 168 valence electrons. The molecule has 3 rings (SSSR count). The molecule has 31 heavy (non-hydrogen) atoms. The standard InChI is InChI=1S/C24H31NO4S2/c1-5-28-20-12-11-16(13-21(20)29-6-2)22(26)17-9-7-8-10-18(17)23(27)25-19(15(3)4)14-31-24(25)30/h7-8,11-13,15,17-19H,5-6,9-10,14H2,1-4H3/t17-,18+,19-/m0/s1. The van der Waals surface area contributed by atoms with Crippen molar-refractivity contribution in [2.24, 2.45) is 17.8 Å². The number of Topliss-reactive ketones (excluding diaryl/α,β-unsaturated/α-hetero) is 1. The second-order valence-corrected chi connectivity index (χ2v) is 9.80. The molecule has 7 heteroatoms. The number of ketones is 1. The van der Waals surface area contributed by atoms with Crippen LogP contribution in [0, 0.1) is 17.8 Å². The fourth-order valence-corrected chi connectivity index (χ4v) is 5.80. The van der Waals surface area contributed by atoms with Gasteiger partial charge in [-0.05, 0) is 50.8 Å². The van der Waals surface area contributed by atoms with Crippen LogP contribution in [0.25, 0.3) is 0 Å². The fourth-order valence-electron chi connectivity index (χ4n) is 4.15. The summed E-state index contributed by atoms with van der Waals surface area (Å²) in [6, 6.07) is 5.37. The van der Waals surface area contributed by atoms with Gasteiger partial charge in [0.2, 0.25) is 5.91 Å². The maximum Gasteiger partial charge on any atom is 0.232 e. The molecule has 0 saturated carbocycles. The third-order valence-electron chi connectivity index (χ3n) is 5.83. The molecule has 1 heterocycles. The lowest BCUT2D eigenvalue weighted by Crippen LogP contribution is -2.47. The first-order valence-corrected chi connectivity index (χ1v) is 12.4. The first kappa shape index (κ1) is 23.8. The van der Waals surface area contributed by atoms with Gasteiger partial charge in [0, 0.05) is 23.3 Å². The van der Waals surface area contributed by atoms with Gasteiger partial charge in [-0.25, -0.2) is 0 Å². The average molecular weight is 462 g/mol. The zero-order valence-corrected chi connectivity index (χ0v) is 20.3. The van der Waals surface area contributed by atoms with Gasteiger partial charge in [-0.1, -0.05) is 50.0 Å². The molecule has 1 saturated heterocycles. The van der Waals surface area contributed by atoms with Crippen molar-refractivity contribution in [3.8, 4) is 11.5 Å². The van der Waals surface area contributed by atoms with Gasteiger partial charge < -0.3 is 9.47 Å². The summed E-state index contributed by atoms with van der Waals surface area (Å²) in [4.78, 5) is 28.9. The molecular weight excluding hydrogens is 430 g/mol. The number of amides is 1. The predicted octanol–water partition coefficient (Wildman–Crippen LogP) is 5.13. The Morgan fingerprint density at radius 2 is 1.74 bits per heavy atom. The van der Waals surface area contributed by atoms with E-state index in [2.05, 4.69) is 13.8 Å². The minimum Gasteiger partial charge on any atom is -0.490 e. The smallest absolute Gasteiger partial charge is 0.232 e. The highest BCUT2D eigenvalue weighted by molar-refractivity contribution is 8.23. The Hall–Kier alpha value is -1.86. The van der Waals surface area contributed by atoms with E-state index in [1.165, 1.54) is 0 Å². The van der Waals surface area contributed by atoms with E-state index >= 15 is 0 Å². The van der Waals surface area contributed by atoms with Crippen LogP contribution in [0.4, 0.5) is 0 Å². The molecule has 1 fully saturated rings. The third kappa shape index (κ3) is 5.14. The normalized spacial score (nSPS) is 23.3. The number of nitrogens with zero attached hydrogens (tertiary/aromatic N) is 1. The van der Waals surface area contributed by atoms with Crippen LogP contribution in [0.2, 0.25) is 0 Å². The maximum atomic E-state index is 13.6. The van der Waals surface area contributed by atoms with E-state index in [-0.39, 0.29) is 17.7 Å². The lowest BCUT2D eigenvalue weighted by atomic mass is 9.77. The van der Waals surface area contributed by atoms with Gasteiger partial charge in [-0.3, -0.25) is 14.5 Å². The van der Waals surface area contributed by atoms with Crippen LogP contribution < -0.4 is 9.47 Å². The van der Waals surface area contributed by atoms with E-state index in [1.807, 2.05) is 26.0 Å². The molecule has 0 spiro atoms. The highest BCUT2D eigenvalue weighted by atomic mass is 32.2. The lowest BCUT2D eigenvalue weighted by molar-refractivity contribution is -0.134. The van der Waals surface area contributed by atoms with Crippen molar-refractivity contribution in [2.45, 2.75) is 46.6 Å². The zero-order valence-electron chi connectivity index (χ0n) is 18.6. The molecule has 0 radical (unpaired) electrons. The van der Waals surface area contributed by atoms with Crippen molar-refractivity contribution in [3.63, 3.8) is 0 Å². The van der Waals surface area contributed by atoms with E-state index in [4.69, 9.17) is 21.7 Å². The first-order valence-electron chi connectivity index (χ1n) is 11.0. The third-order valence-corrected chi connectivity index (χ3v) is 7.33. The summed E-state index contributed by atoms with van der Waals surface area (Å²) < 4.78 is 11.9. The largest absolute Gasteiger partial charge is 0.490 e. The molecule has 1 aliphatic heterocycles. The van der Waals surface area contributed by atoms with Gasteiger partial charge in [0.1, 0.15) is 4.32 Å². The second kappa shape index (κ2) is 10.6. The number of benzene rings is 1. The molecular formula is C24H31NO4S2. The number of ether oxygens (including phenoxy) is 2. The van der Waals surface area contributed by atoms with Crippen LogP contribution in [0.3, 0.4) is 0 Å². The Morgan fingerprint density at radius 3 is 2.39 bits per heavy atom. The van der Waals surface area contributed by atoms with Crippen molar-refractivity contribution >= 4 is 40.0 Å².